The molecule has 0 atom stereocenters. The number of alkyl halides is 3. The molecule has 10 heteroatoms. The molecular formula is C15H12F3N5O2. The maximum Gasteiger partial charge on any atom is 0.490 e. The highest BCUT2D eigenvalue weighted by atomic mass is 19.4. The third-order valence-corrected chi connectivity index (χ3v) is 2.99. The van der Waals surface area contributed by atoms with Crippen LogP contribution in [0.25, 0.3) is 22.0 Å². The molecular weight excluding hydrogens is 339 g/mol. The molecule has 0 unspecified atom stereocenters. The highest BCUT2D eigenvalue weighted by molar-refractivity contribution is 5.86. The third kappa shape index (κ3) is 4.53. The highest BCUT2D eigenvalue weighted by Crippen LogP contribution is 2.26. The predicted octanol–water partition coefficient (Wildman–Crippen LogP) is 2.49. The van der Waals surface area contributed by atoms with E-state index in [9.17, 15) is 13.2 Å². The summed E-state index contributed by atoms with van der Waals surface area (Å²) in [5.74, 6) is -2.20. The Kier molecular flexibility index (Phi) is 5.01. The summed E-state index contributed by atoms with van der Waals surface area (Å²) in [4.78, 5) is 21.1. The molecule has 0 aliphatic heterocycles. The number of aliphatic carboxylic acids is 1. The Bertz CT molecular complexity index is 915. The fraction of sp³-hybridized carbons (Fsp3) is 0.0667. The number of carboxylic acid groups (broad SMARTS) is 1. The maximum absolute atomic E-state index is 10.6. The first-order valence-electron chi connectivity index (χ1n) is 6.71. The summed E-state index contributed by atoms with van der Waals surface area (Å²) in [5.41, 5.74) is 14.0. The average Bonchev–Trinajstić information content (AvgIpc) is 2.54. The Morgan fingerprint density at radius 2 is 1.80 bits per heavy atom. The van der Waals surface area contributed by atoms with Crippen LogP contribution in [0.4, 0.5) is 24.9 Å². The Balaban J connectivity index is 0.000000277. The average molecular weight is 351 g/mol. The fourth-order valence-corrected chi connectivity index (χ4v) is 1.87. The second kappa shape index (κ2) is 6.99. The topological polar surface area (TPSA) is 128 Å². The van der Waals surface area contributed by atoms with E-state index in [-0.39, 0.29) is 5.95 Å². The first kappa shape index (κ1) is 17.9. The SMILES string of the molecule is Nc1ncc(-c2ccc3ncccc3c2)c(N)n1.O=C(O)C(F)(F)F. The van der Waals surface area contributed by atoms with Crippen molar-refractivity contribution >= 4 is 28.6 Å². The van der Waals surface area contributed by atoms with Gasteiger partial charge in [-0.05, 0) is 23.8 Å². The van der Waals surface area contributed by atoms with E-state index in [0.717, 1.165) is 22.0 Å². The molecule has 3 aromatic rings. The van der Waals surface area contributed by atoms with Crippen molar-refractivity contribution in [2.45, 2.75) is 6.18 Å². The van der Waals surface area contributed by atoms with Crippen LogP contribution in [0.5, 0.6) is 0 Å². The number of rotatable bonds is 1. The fourth-order valence-electron chi connectivity index (χ4n) is 1.87. The Labute approximate surface area is 139 Å². The van der Waals surface area contributed by atoms with E-state index >= 15 is 0 Å². The summed E-state index contributed by atoms with van der Waals surface area (Å²) < 4.78 is 31.7. The van der Waals surface area contributed by atoms with Crippen LogP contribution in [-0.2, 0) is 4.79 Å². The standard InChI is InChI=1S/C13H11N5.C2HF3O2/c14-12-10(7-17-13(15)18-12)8-3-4-11-9(6-8)2-1-5-16-11;3-2(4,5)1(6)7/h1-7H,(H4,14,15,17,18);(H,6,7). The van der Waals surface area contributed by atoms with Crippen LogP contribution in [0.1, 0.15) is 0 Å². The van der Waals surface area contributed by atoms with E-state index in [1.54, 1.807) is 12.4 Å². The van der Waals surface area contributed by atoms with E-state index < -0.39 is 12.1 Å². The number of pyridine rings is 1. The molecule has 0 aliphatic carbocycles. The molecule has 1 aromatic carbocycles. The van der Waals surface area contributed by atoms with Crippen LogP contribution in [0, 0.1) is 0 Å². The number of nitrogen functional groups attached to an aromatic ring is 2. The van der Waals surface area contributed by atoms with Gasteiger partial charge in [0.25, 0.3) is 0 Å². The minimum Gasteiger partial charge on any atom is -0.475 e. The van der Waals surface area contributed by atoms with E-state index in [4.69, 9.17) is 21.4 Å². The predicted molar refractivity (Wildman–Crippen MR) is 85.3 cm³/mol. The van der Waals surface area contributed by atoms with Crippen molar-refractivity contribution in [2.24, 2.45) is 0 Å². The monoisotopic (exact) mass is 351 g/mol. The van der Waals surface area contributed by atoms with E-state index in [0.29, 0.717) is 5.82 Å². The normalized spacial score (nSPS) is 10.8. The number of hydrogen-bond acceptors (Lipinski definition) is 6. The molecule has 5 N–H and O–H groups in total. The first-order valence-corrected chi connectivity index (χ1v) is 6.71. The molecule has 7 nitrogen and oxygen atoms in total. The lowest BCUT2D eigenvalue weighted by atomic mass is 10.1. The van der Waals surface area contributed by atoms with Gasteiger partial charge in [-0.1, -0.05) is 12.1 Å². The first-order chi connectivity index (χ1) is 11.7. The number of benzene rings is 1. The Morgan fingerprint density at radius 3 is 2.40 bits per heavy atom. The lowest BCUT2D eigenvalue weighted by Gasteiger charge is -2.06. The van der Waals surface area contributed by atoms with Crippen molar-refractivity contribution in [1.82, 2.24) is 15.0 Å². The van der Waals surface area contributed by atoms with Crippen LogP contribution in [-0.4, -0.2) is 32.2 Å². The molecule has 0 aliphatic rings. The zero-order valence-corrected chi connectivity index (χ0v) is 12.5. The minimum atomic E-state index is -5.08. The number of anilines is 2. The molecule has 0 saturated heterocycles. The molecule has 130 valence electrons. The van der Waals surface area contributed by atoms with Gasteiger partial charge in [0, 0.05) is 23.3 Å². The maximum atomic E-state index is 10.6. The van der Waals surface area contributed by atoms with Gasteiger partial charge in [0.1, 0.15) is 5.82 Å². The van der Waals surface area contributed by atoms with Crippen LogP contribution < -0.4 is 11.5 Å². The number of carbonyl (C=O) groups is 1. The van der Waals surface area contributed by atoms with E-state index in [2.05, 4.69) is 15.0 Å². The molecule has 0 bridgehead atoms. The number of aromatic nitrogens is 3. The number of hydrogen-bond donors (Lipinski definition) is 3. The molecule has 0 saturated carbocycles. The second-order valence-electron chi connectivity index (χ2n) is 4.74. The molecule has 25 heavy (non-hydrogen) atoms. The van der Waals surface area contributed by atoms with Crippen LogP contribution >= 0.6 is 0 Å². The molecule has 0 radical (unpaired) electrons. The minimum absolute atomic E-state index is 0.179. The zero-order chi connectivity index (χ0) is 18.6. The smallest absolute Gasteiger partial charge is 0.475 e. The van der Waals surface area contributed by atoms with Gasteiger partial charge in [0.05, 0.1) is 5.52 Å². The number of fused-ring (bicyclic) bond motifs is 1. The van der Waals surface area contributed by atoms with Crippen LogP contribution in [0.15, 0.2) is 42.7 Å². The van der Waals surface area contributed by atoms with Crippen molar-refractivity contribution in [3.8, 4) is 11.1 Å². The summed E-state index contributed by atoms with van der Waals surface area (Å²) in [6.07, 6.45) is -1.68. The molecule has 0 fully saturated rings. The number of carboxylic acids is 1. The number of nitrogens with zero attached hydrogens (tertiary/aromatic N) is 3. The molecule has 3 rings (SSSR count). The quantitative estimate of drug-likeness (QED) is 0.614. The van der Waals surface area contributed by atoms with Gasteiger partial charge in [-0.15, -0.1) is 0 Å². The third-order valence-electron chi connectivity index (χ3n) is 2.99. The van der Waals surface area contributed by atoms with Gasteiger partial charge >= 0.3 is 12.1 Å². The Morgan fingerprint density at radius 1 is 1.12 bits per heavy atom. The molecule has 2 heterocycles. The van der Waals surface area contributed by atoms with Gasteiger partial charge in [0.2, 0.25) is 5.95 Å². The summed E-state index contributed by atoms with van der Waals surface area (Å²) in [7, 11) is 0. The lowest BCUT2D eigenvalue weighted by molar-refractivity contribution is -0.192. The number of nitrogens with two attached hydrogens (primary N) is 2. The van der Waals surface area contributed by atoms with Gasteiger partial charge in [0.15, 0.2) is 0 Å². The van der Waals surface area contributed by atoms with Crippen molar-refractivity contribution in [3.05, 3.63) is 42.7 Å². The highest BCUT2D eigenvalue weighted by Gasteiger charge is 2.38. The Hall–Kier alpha value is -3.43. The molecule has 2 aromatic heterocycles. The zero-order valence-electron chi connectivity index (χ0n) is 12.5. The van der Waals surface area contributed by atoms with Crippen LogP contribution in [0.2, 0.25) is 0 Å². The van der Waals surface area contributed by atoms with Crippen molar-refractivity contribution < 1.29 is 23.1 Å². The van der Waals surface area contributed by atoms with Gasteiger partial charge < -0.3 is 16.6 Å². The summed E-state index contributed by atoms with van der Waals surface area (Å²) in [5, 5.41) is 8.17. The lowest BCUT2D eigenvalue weighted by Crippen LogP contribution is -2.21. The largest absolute Gasteiger partial charge is 0.490 e. The molecule has 0 amide bonds. The summed E-state index contributed by atoms with van der Waals surface area (Å²) >= 11 is 0. The number of halogens is 3. The van der Waals surface area contributed by atoms with E-state index in [1.165, 1.54) is 0 Å². The summed E-state index contributed by atoms with van der Waals surface area (Å²) in [6.45, 7) is 0. The summed E-state index contributed by atoms with van der Waals surface area (Å²) in [6, 6.07) is 9.80. The van der Waals surface area contributed by atoms with Gasteiger partial charge in [-0.2, -0.15) is 18.2 Å². The van der Waals surface area contributed by atoms with Crippen molar-refractivity contribution in [1.29, 1.82) is 0 Å². The van der Waals surface area contributed by atoms with Gasteiger partial charge in [-0.3, -0.25) is 4.98 Å². The second-order valence-corrected chi connectivity index (χ2v) is 4.74. The van der Waals surface area contributed by atoms with Crippen LogP contribution in [0.3, 0.4) is 0 Å². The van der Waals surface area contributed by atoms with Crippen molar-refractivity contribution in [2.75, 3.05) is 11.5 Å². The van der Waals surface area contributed by atoms with E-state index in [1.807, 2.05) is 30.3 Å². The van der Waals surface area contributed by atoms with Gasteiger partial charge in [-0.25, -0.2) is 9.78 Å². The van der Waals surface area contributed by atoms with Crippen molar-refractivity contribution in [3.63, 3.8) is 0 Å². The molecule has 0 spiro atoms.